The van der Waals surface area contributed by atoms with E-state index >= 15 is 0 Å². The number of carbonyl (C=O) groups is 3. The van der Waals surface area contributed by atoms with Gasteiger partial charge >= 0.3 is 17.9 Å². The Morgan fingerprint density at radius 3 is 0.879 bits per heavy atom. The van der Waals surface area contributed by atoms with Crippen LogP contribution in [0, 0.1) is 0 Å². The van der Waals surface area contributed by atoms with E-state index in [1.807, 2.05) is 21.1 Å². The molecular formula is C82H126NO8+. The second-order valence-corrected chi connectivity index (χ2v) is 23.4. The normalized spacial score (nSPS) is 14.1. The Balaban J connectivity index is 4.32. The van der Waals surface area contributed by atoms with E-state index in [1.54, 1.807) is 0 Å². The lowest BCUT2D eigenvalue weighted by Gasteiger charge is -2.25. The van der Waals surface area contributed by atoms with Crippen molar-refractivity contribution in [3.8, 4) is 0 Å². The summed E-state index contributed by atoms with van der Waals surface area (Å²) in [5.74, 6) is -2.09. The molecule has 0 spiro atoms. The molecule has 0 fully saturated rings. The summed E-state index contributed by atoms with van der Waals surface area (Å²) in [5.41, 5.74) is 0. The first kappa shape index (κ1) is 84.6. The highest BCUT2D eigenvalue weighted by Gasteiger charge is 2.25. The number of hydrogen-bond donors (Lipinski definition) is 1. The topological polar surface area (TPSA) is 108 Å². The van der Waals surface area contributed by atoms with E-state index in [9.17, 15) is 19.5 Å². The van der Waals surface area contributed by atoms with Crippen LogP contribution in [0.15, 0.2) is 219 Å². The number of nitrogens with zero attached hydrogens (tertiary/aromatic N) is 1. The van der Waals surface area contributed by atoms with Gasteiger partial charge in [-0.2, -0.15) is 0 Å². The van der Waals surface area contributed by atoms with E-state index < -0.39 is 24.3 Å². The van der Waals surface area contributed by atoms with E-state index in [2.05, 4.69) is 233 Å². The summed E-state index contributed by atoms with van der Waals surface area (Å²) in [6.45, 7) is 4.56. The van der Waals surface area contributed by atoms with E-state index in [4.69, 9.17) is 18.9 Å². The van der Waals surface area contributed by atoms with E-state index in [1.165, 1.54) is 0 Å². The molecule has 0 aromatic heterocycles. The number of aliphatic carboxylic acids is 1. The summed E-state index contributed by atoms with van der Waals surface area (Å²) in [4.78, 5) is 37.6. The molecule has 0 aromatic carbocycles. The van der Waals surface area contributed by atoms with Gasteiger partial charge in [0, 0.05) is 12.8 Å². The van der Waals surface area contributed by atoms with E-state index in [0.29, 0.717) is 23.9 Å². The fourth-order valence-corrected chi connectivity index (χ4v) is 8.47. The van der Waals surface area contributed by atoms with Crippen molar-refractivity contribution in [2.24, 2.45) is 0 Å². The maximum Gasteiger partial charge on any atom is 0.361 e. The smallest absolute Gasteiger partial charge is 0.361 e. The lowest BCUT2D eigenvalue weighted by atomic mass is 10.1. The number of carboxylic acids is 1. The second kappa shape index (κ2) is 69.5. The summed E-state index contributed by atoms with van der Waals surface area (Å²) in [6, 6.07) is 0. The number of hydrogen-bond acceptors (Lipinski definition) is 7. The number of ether oxygens (including phenoxy) is 4. The fourth-order valence-electron chi connectivity index (χ4n) is 8.47. The Labute approximate surface area is 556 Å². The van der Waals surface area contributed by atoms with Crippen molar-refractivity contribution >= 4 is 17.9 Å². The highest BCUT2D eigenvalue weighted by atomic mass is 16.7. The number of allylic oxidation sites excluding steroid dienone is 36. The maximum atomic E-state index is 12.9. The number of unbranched alkanes of at least 4 members (excludes halogenated alkanes) is 10. The molecule has 0 radical (unpaired) electrons. The van der Waals surface area contributed by atoms with Crippen LogP contribution in [-0.2, 0) is 33.3 Å². The molecule has 0 saturated carbocycles. The molecule has 0 amide bonds. The molecule has 2 atom stereocenters. The van der Waals surface area contributed by atoms with Crippen LogP contribution >= 0.6 is 0 Å². The lowest BCUT2D eigenvalue weighted by Crippen LogP contribution is -2.40. The van der Waals surface area contributed by atoms with Gasteiger partial charge < -0.3 is 28.5 Å². The molecule has 0 rings (SSSR count). The van der Waals surface area contributed by atoms with Gasteiger partial charge in [0.25, 0.3) is 6.29 Å². The summed E-state index contributed by atoms with van der Waals surface area (Å²) in [5, 5.41) is 9.75. The van der Waals surface area contributed by atoms with Crippen LogP contribution in [0.4, 0.5) is 0 Å². The first-order valence-electron chi connectivity index (χ1n) is 34.9. The Hall–Kier alpha value is -6.39. The average Bonchev–Trinajstić information content (AvgIpc) is 3.50. The predicted octanol–water partition coefficient (Wildman–Crippen LogP) is 22.1. The summed E-state index contributed by atoms with van der Waals surface area (Å²) in [6.07, 6.45) is 107. The second-order valence-electron chi connectivity index (χ2n) is 23.4. The molecule has 0 saturated heterocycles. The quantitative estimate of drug-likeness (QED) is 0.0211. The van der Waals surface area contributed by atoms with Crippen molar-refractivity contribution in [1.29, 1.82) is 0 Å². The van der Waals surface area contributed by atoms with Gasteiger partial charge in [0.1, 0.15) is 13.2 Å². The largest absolute Gasteiger partial charge is 0.477 e. The molecule has 1 N–H and O–H groups in total. The molecule has 0 aromatic rings. The van der Waals surface area contributed by atoms with Crippen molar-refractivity contribution in [3.63, 3.8) is 0 Å². The third-order valence-electron chi connectivity index (χ3n) is 13.7. The summed E-state index contributed by atoms with van der Waals surface area (Å²) >= 11 is 0. The Morgan fingerprint density at radius 2 is 0.593 bits per heavy atom. The molecule has 0 aliphatic rings. The third-order valence-corrected chi connectivity index (χ3v) is 13.7. The first-order chi connectivity index (χ1) is 44.6. The van der Waals surface area contributed by atoms with Crippen molar-refractivity contribution in [2.45, 2.75) is 232 Å². The van der Waals surface area contributed by atoms with E-state index in [0.717, 1.165) is 180 Å². The summed E-state index contributed by atoms with van der Waals surface area (Å²) < 4.78 is 22.9. The SMILES string of the molecule is CC/C=C\C/C=C\C/C=C\C/C=C\C/C=C\C/C=C\C/C=C\C/C=C\C/C=C\C/C=C\CCCCCCCCC(=O)OC(COC(=O)CCCCCC/C=C\C/C=C\C/C=C\C/C=C\C/C=C\C/C=C\C/C=C\C/C=C\CC)COC(OCC[N+](C)(C)C)C(=O)O. The number of rotatable bonds is 61. The minimum absolute atomic E-state index is 0.167. The Kier molecular flexibility index (Phi) is 64.6. The van der Waals surface area contributed by atoms with Crippen molar-refractivity contribution in [1.82, 2.24) is 0 Å². The van der Waals surface area contributed by atoms with E-state index in [-0.39, 0.29) is 38.6 Å². The Morgan fingerprint density at radius 1 is 0.330 bits per heavy atom. The van der Waals surface area contributed by atoms with Gasteiger partial charge in [-0.15, -0.1) is 0 Å². The number of quaternary nitrogens is 1. The van der Waals surface area contributed by atoms with Gasteiger partial charge in [0.15, 0.2) is 6.10 Å². The van der Waals surface area contributed by atoms with Gasteiger partial charge in [0.05, 0.1) is 34.4 Å². The van der Waals surface area contributed by atoms with Crippen LogP contribution in [0.2, 0.25) is 0 Å². The number of carboxylic acid groups (broad SMARTS) is 1. The molecule has 2 unspecified atom stereocenters. The highest BCUT2D eigenvalue weighted by molar-refractivity contribution is 5.71. The van der Waals surface area contributed by atoms with Crippen LogP contribution in [0.5, 0.6) is 0 Å². The predicted molar refractivity (Wildman–Crippen MR) is 391 cm³/mol. The minimum atomic E-state index is -1.54. The molecule has 506 valence electrons. The maximum absolute atomic E-state index is 12.9. The molecular weight excluding hydrogens is 1130 g/mol. The molecule has 0 bridgehead atoms. The fraction of sp³-hybridized carbons (Fsp3) is 0.524. The zero-order valence-electron chi connectivity index (χ0n) is 57.6. The Bertz CT molecular complexity index is 2300. The summed E-state index contributed by atoms with van der Waals surface area (Å²) in [7, 11) is 5.94. The van der Waals surface area contributed by atoms with Gasteiger partial charge in [-0.25, -0.2) is 4.79 Å². The van der Waals surface area contributed by atoms with Crippen LogP contribution in [0.25, 0.3) is 0 Å². The average molecular weight is 1250 g/mol. The monoisotopic (exact) mass is 1250 g/mol. The minimum Gasteiger partial charge on any atom is -0.477 e. The number of likely N-dealkylation sites (N-methyl/N-ethyl adjacent to an activating group) is 1. The molecule has 0 aliphatic heterocycles. The number of esters is 2. The third kappa shape index (κ3) is 70.9. The van der Waals surface area contributed by atoms with Gasteiger partial charge in [0.2, 0.25) is 0 Å². The molecule has 0 heterocycles. The molecule has 9 heteroatoms. The molecule has 9 nitrogen and oxygen atoms in total. The molecule has 0 aliphatic carbocycles. The van der Waals surface area contributed by atoms with Crippen molar-refractivity contribution in [2.75, 3.05) is 47.5 Å². The lowest BCUT2D eigenvalue weighted by molar-refractivity contribution is -0.870. The highest BCUT2D eigenvalue weighted by Crippen LogP contribution is 2.13. The zero-order valence-corrected chi connectivity index (χ0v) is 57.6. The van der Waals surface area contributed by atoms with Gasteiger partial charge in [-0.1, -0.05) is 271 Å². The van der Waals surface area contributed by atoms with Gasteiger partial charge in [-0.05, 0) is 154 Å². The number of carbonyl (C=O) groups excluding carboxylic acids is 2. The van der Waals surface area contributed by atoms with Crippen LogP contribution < -0.4 is 0 Å². The standard InChI is InChI=1S/C82H125NO8/c1-6-8-10-12-14-16-18-20-22-24-26-28-30-32-34-36-37-38-39-40-41-42-43-45-47-49-51-53-55-57-59-61-63-65-67-69-71-73-80(85)91-78(77-90-82(81(86)87)88-75-74-83(3,4)5)76-89-79(84)72-70-68-66-64-62-60-58-56-54-52-50-48-46-44-35-33-31-29-27-25-23-21-19-17-15-13-11-9-7-2/h8-11,14-17,20-23,26-29,32-35,37-38,40-41,43,45-46,48-49,51-52,54-55,57-58,60,78,82H,6-7,12-13,18-19,24-25,30-31,36,39,42,44,47,50,53,56,59,61-77H2,1-5H3/p+1/b10-8-,11-9-,16-14-,17-15-,22-20-,23-21-,28-26-,29-27-,34-32-,35-33-,38-37-,41-40-,45-43-,48-46-,51-49-,54-52-,57-55-,60-58-. The zero-order chi connectivity index (χ0) is 66.1. The van der Waals surface area contributed by atoms with Gasteiger partial charge in [-0.3, -0.25) is 9.59 Å². The molecule has 91 heavy (non-hydrogen) atoms. The van der Waals surface area contributed by atoms with Crippen LogP contribution in [0.1, 0.15) is 219 Å². The van der Waals surface area contributed by atoms with Crippen molar-refractivity contribution in [3.05, 3.63) is 219 Å². The first-order valence-corrected chi connectivity index (χ1v) is 34.9. The van der Waals surface area contributed by atoms with Crippen molar-refractivity contribution < 1.29 is 42.9 Å². The van der Waals surface area contributed by atoms with Crippen LogP contribution in [-0.4, -0.2) is 87.4 Å². The van der Waals surface area contributed by atoms with Crippen LogP contribution in [0.3, 0.4) is 0 Å².